The van der Waals surface area contributed by atoms with Crippen molar-refractivity contribution >= 4 is 35.2 Å². The van der Waals surface area contributed by atoms with Crippen molar-refractivity contribution in [3.8, 4) is 0 Å². The fraction of sp³-hybridized carbons (Fsp3) is 0.333. The molecule has 3 aromatic rings. The molecule has 4 atom stereocenters. The second kappa shape index (κ2) is 13.8. The van der Waals surface area contributed by atoms with E-state index in [4.69, 9.17) is 21.4 Å². The first-order valence-corrected chi connectivity index (χ1v) is 14.2. The van der Waals surface area contributed by atoms with Gasteiger partial charge in [-0.1, -0.05) is 84.4 Å². The number of carboxylic acids is 3. The maximum Gasteiger partial charge on any atom is 0.312 e. The van der Waals surface area contributed by atoms with E-state index in [1.54, 1.807) is 31.2 Å². The predicted molar refractivity (Wildman–Crippen MR) is 159 cm³/mol. The summed E-state index contributed by atoms with van der Waals surface area (Å²) in [7, 11) is 0. The quantitative estimate of drug-likeness (QED) is 0.203. The lowest BCUT2D eigenvalue weighted by atomic mass is 9.57. The number of ether oxygens (including phenoxy) is 1. The number of carbonyl (C=O) groups is 3. The van der Waals surface area contributed by atoms with Crippen molar-refractivity contribution in [2.75, 3.05) is 13.2 Å². The van der Waals surface area contributed by atoms with Gasteiger partial charge in [0.15, 0.2) is 0 Å². The number of halogens is 1. The summed E-state index contributed by atoms with van der Waals surface area (Å²) in [5.41, 5.74) is 1.06. The van der Waals surface area contributed by atoms with Crippen LogP contribution in [0.3, 0.4) is 0 Å². The molecule has 4 unspecified atom stereocenters. The number of hydrogen-bond acceptors (Lipinski definition) is 5. The van der Waals surface area contributed by atoms with Gasteiger partial charge in [-0.25, -0.2) is 0 Å². The van der Waals surface area contributed by atoms with Gasteiger partial charge >= 0.3 is 17.9 Å². The summed E-state index contributed by atoms with van der Waals surface area (Å²) in [5.74, 6) is -5.83. The normalized spacial score (nSPS) is 22.0. The molecule has 1 aliphatic rings. The van der Waals surface area contributed by atoms with E-state index in [0.717, 1.165) is 11.1 Å². The number of benzene rings is 3. The van der Waals surface area contributed by atoms with Crippen LogP contribution < -0.4 is 0 Å². The summed E-state index contributed by atoms with van der Waals surface area (Å²) in [6.07, 6.45) is 0.195. The summed E-state index contributed by atoms with van der Waals surface area (Å²) in [6.45, 7) is 1.28. The monoisotopic (exact) mass is 591 g/mol. The van der Waals surface area contributed by atoms with E-state index in [-0.39, 0.29) is 37.7 Å². The van der Waals surface area contributed by atoms with Crippen LogP contribution in [-0.4, -0.2) is 58.2 Å². The van der Waals surface area contributed by atoms with Crippen molar-refractivity contribution in [1.82, 2.24) is 0 Å². The Morgan fingerprint density at radius 1 is 0.929 bits per heavy atom. The molecule has 0 spiro atoms. The van der Waals surface area contributed by atoms with Crippen molar-refractivity contribution in [2.24, 2.45) is 16.3 Å². The molecular formula is C33H34ClNO7. The lowest BCUT2D eigenvalue weighted by molar-refractivity contribution is -0.158. The van der Waals surface area contributed by atoms with Gasteiger partial charge in [0, 0.05) is 22.6 Å². The van der Waals surface area contributed by atoms with Crippen LogP contribution in [0.15, 0.2) is 89.9 Å². The highest BCUT2D eigenvalue weighted by molar-refractivity contribution is 6.30. The molecule has 0 aromatic heterocycles. The number of nitrogens with zero attached hydrogens (tertiary/aromatic N) is 1. The highest BCUT2D eigenvalue weighted by Crippen LogP contribution is 2.53. The van der Waals surface area contributed by atoms with Crippen molar-refractivity contribution in [2.45, 2.75) is 44.1 Å². The second-order valence-corrected chi connectivity index (χ2v) is 11.0. The van der Waals surface area contributed by atoms with Gasteiger partial charge < -0.3 is 20.1 Å². The minimum atomic E-state index is -1.71. The number of hydrogen-bond donors (Lipinski definition) is 3. The number of aliphatic imine (C=N–C) groups is 1. The van der Waals surface area contributed by atoms with Crippen LogP contribution in [0.2, 0.25) is 5.02 Å². The average molecular weight is 592 g/mol. The van der Waals surface area contributed by atoms with Crippen molar-refractivity contribution in [3.05, 3.63) is 107 Å². The molecule has 42 heavy (non-hydrogen) atoms. The minimum Gasteiger partial charge on any atom is -0.481 e. The molecule has 0 saturated carbocycles. The predicted octanol–water partition coefficient (Wildman–Crippen LogP) is 6.14. The Kier molecular flexibility index (Phi) is 10.1. The van der Waals surface area contributed by atoms with Gasteiger partial charge in [-0.3, -0.25) is 19.4 Å². The summed E-state index contributed by atoms with van der Waals surface area (Å²) in [6, 6.07) is 25.2. The Morgan fingerprint density at radius 3 is 2.07 bits per heavy atom. The third kappa shape index (κ3) is 6.72. The first kappa shape index (κ1) is 30.9. The van der Waals surface area contributed by atoms with Gasteiger partial charge in [-0.05, 0) is 48.6 Å². The molecule has 1 aliphatic heterocycles. The Morgan fingerprint density at radius 2 is 1.55 bits per heavy atom. The van der Waals surface area contributed by atoms with E-state index in [9.17, 15) is 24.6 Å². The van der Waals surface area contributed by atoms with Crippen LogP contribution in [0, 0.1) is 11.3 Å². The zero-order valence-electron chi connectivity index (χ0n) is 23.2. The summed E-state index contributed by atoms with van der Waals surface area (Å²) >= 11 is 6.35. The van der Waals surface area contributed by atoms with E-state index in [0.29, 0.717) is 17.0 Å². The molecule has 0 saturated heterocycles. The van der Waals surface area contributed by atoms with Gasteiger partial charge in [0.1, 0.15) is 11.3 Å². The van der Waals surface area contributed by atoms with E-state index in [1.165, 1.54) is 0 Å². The highest BCUT2D eigenvalue weighted by Gasteiger charge is 2.59. The second-order valence-electron chi connectivity index (χ2n) is 10.6. The van der Waals surface area contributed by atoms with Crippen LogP contribution in [0.4, 0.5) is 0 Å². The van der Waals surface area contributed by atoms with Crippen LogP contribution in [-0.2, 0) is 19.1 Å². The molecule has 0 aliphatic carbocycles. The molecule has 3 aromatic carbocycles. The van der Waals surface area contributed by atoms with Crippen LogP contribution in [0.5, 0.6) is 0 Å². The molecule has 0 bridgehead atoms. The van der Waals surface area contributed by atoms with Crippen molar-refractivity contribution in [1.29, 1.82) is 0 Å². The van der Waals surface area contributed by atoms with Gasteiger partial charge in [0.05, 0.1) is 25.7 Å². The van der Waals surface area contributed by atoms with Crippen LogP contribution in [0.1, 0.15) is 54.7 Å². The smallest absolute Gasteiger partial charge is 0.312 e. The molecule has 0 amide bonds. The zero-order valence-corrected chi connectivity index (χ0v) is 24.0. The zero-order chi connectivity index (χ0) is 30.3. The van der Waals surface area contributed by atoms with E-state index >= 15 is 0 Å². The first-order valence-electron chi connectivity index (χ1n) is 13.8. The van der Waals surface area contributed by atoms with Crippen molar-refractivity contribution in [3.63, 3.8) is 0 Å². The number of carboxylic acid groups (broad SMARTS) is 3. The molecule has 0 radical (unpaired) electrons. The van der Waals surface area contributed by atoms with Crippen molar-refractivity contribution < 1.29 is 34.4 Å². The Balaban J connectivity index is 1.86. The lowest BCUT2D eigenvalue weighted by Gasteiger charge is -2.48. The Bertz CT molecular complexity index is 1390. The van der Waals surface area contributed by atoms with Crippen LogP contribution in [0.25, 0.3) is 0 Å². The maximum atomic E-state index is 13.6. The lowest BCUT2D eigenvalue weighted by Crippen LogP contribution is -2.56. The molecule has 4 rings (SSSR count). The molecule has 1 heterocycles. The summed E-state index contributed by atoms with van der Waals surface area (Å²) < 4.78 is 5.69. The number of aliphatic carboxylic acids is 3. The maximum absolute atomic E-state index is 13.6. The van der Waals surface area contributed by atoms with Crippen LogP contribution >= 0.6 is 11.6 Å². The Labute approximate surface area is 249 Å². The van der Waals surface area contributed by atoms with E-state index in [1.807, 2.05) is 60.7 Å². The topological polar surface area (TPSA) is 133 Å². The average Bonchev–Trinajstić information content (AvgIpc) is 2.96. The highest BCUT2D eigenvalue weighted by atomic mass is 35.5. The Hall–Kier alpha value is -4.01. The van der Waals surface area contributed by atoms with Gasteiger partial charge in [0.25, 0.3) is 0 Å². The van der Waals surface area contributed by atoms with E-state index in [2.05, 4.69) is 4.99 Å². The third-order valence-corrected chi connectivity index (χ3v) is 8.39. The fourth-order valence-electron chi connectivity index (χ4n) is 6.22. The largest absolute Gasteiger partial charge is 0.481 e. The van der Waals surface area contributed by atoms with Gasteiger partial charge in [-0.15, -0.1) is 0 Å². The molecule has 0 fully saturated rings. The van der Waals surface area contributed by atoms with Gasteiger partial charge in [-0.2, -0.15) is 0 Å². The van der Waals surface area contributed by atoms with Gasteiger partial charge in [0.2, 0.25) is 0 Å². The number of rotatable bonds is 13. The third-order valence-electron chi connectivity index (χ3n) is 8.15. The van der Waals surface area contributed by atoms with E-state index < -0.39 is 41.2 Å². The molecule has 220 valence electrons. The first-order chi connectivity index (χ1) is 20.1. The minimum absolute atomic E-state index is 0.0709. The fourth-order valence-corrected chi connectivity index (χ4v) is 6.42. The molecule has 9 heteroatoms. The summed E-state index contributed by atoms with van der Waals surface area (Å²) in [5, 5.41) is 31.0. The molecule has 3 N–H and O–H groups in total. The standard InChI is InChI=1S/C33H34ClNO7/c1-21-29(31(38)39)30(24-13-8-14-25(34)19-24)33(32(40)41,27(35-21)20-42-18-16-28(36)37)17-15-26(22-9-4-2-5-10-22)23-11-6-3-7-12-23/h2-14,19,26-27,29-30H,15-18,20H2,1H3,(H,36,37)(H,38,39)(H,40,41). The molecule has 8 nitrogen and oxygen atoms in total. The molecular weight excluding hydrogens is 558 g/mol. The SMILES string of the molecule is CC1=NC(COCCC(=O)O)C(CCC(c2ccccc2)c2ccccc2)(C(=O)O)C(c2cccc(Cl)c2)C1C(=O)O. The summed E-state index contributed by atoms with van der Waals surface area (Å²) in [4.78, 5) is 42.1.